The lowest BCUT2D eigenvalue weighted by Gasteiger charge is -2.19. The minimum Gasteiger partial charge on any atom is -0.481 e. The molecule has 0 spiro atoms. The Kier molecular flexibility index (Phi) is 3.92. The smallest absolute Gasteiger partial charge is 0.311 e. The highest BCUT2D eigenvalue weighted by molar-refractivity contribution is 7.18. The highest BCUT2D eigenvalue weighted by atomic mass is 32.1. The van der Waals surface area contributed by atoms with Crippen LogP contribution in [0.25, 0.3) is 10.2 Å². The molecule has 0 amide bonds. The number of carbonyl (C=O) groups is 1. The first-order valence-corrected chi connectivity index (χ1v) is 9.16. The summed E-state index contributed by atoms with van der Waals surface area (Å²) in [6.45, 7) is 2.45. The number of nitrogens with zero attached hydrogens (tertiary/aromatic N) is 2. The monoisotopic (exact) mass is 354 g/mol. The first-order chi connectivity index (χ1) is 12.1. The zero-order valence-corrected chi connectivity index (χ0v) is 14.7. The van der Waals surface area contributed by atoms with Gasteiger partial charge in [-0.15, -0.1) is 11.3 Å². The van der Waals surface area contributed by atoms with Crippen molar-refractivity contribution < 1.29 is 9.90 Å². The molecule has 5 nitrogen and oxygen atoms in total. The largest absolute Gasteiger partial charge is 0.481 e. The molecule has 1 aliphatic carbocycles. The van der Waals surface area contributed by atoms with Gasteiger partial charge in [-0.3, -0.25) is 14.2 Å². The lowest BCUT2D eigenvalue weighted by atomic mass is 9.86. The standard InChI is InChI=1S/C19H18N2O3S/c1-11-5-2-3-6-12(11)9-21-10-20-17-16(18(21)22)15-13(19(23)24)7-4-8-14(15)25-17/h2-3,5-6,10,13H,4,7-9H2,1H3,(H,23,24). The third kappa shape index (κ3) is 2.66. The van der Waals surface area contributed by atoms with E-state index in [4.69, 9.17) is 0 Å². The Bertz CT molecular complexity index is 1030. The number of fused-ring (bicyclic) bond motifs is 3. The fourth-order valence-electron chi connectivity index (χ4n) is 3.59. The summed E-state index contributed by atoms with van der Waals surface area (Å²) in [5.74, 6) is -1.45. The summed E-state index contributed by atoms with van der Waals surface area (Å²) in [5.41, 5.74) is 2.74. The first kappa shape index (κ1) is 16.0. The van der Waals surface area contributed by atoms with E-state index in [1.54, 1.807) is 10.9 Å². The van der Waals surface area contributed by atoms with Gasteiger partial charge < -0.3 is 5.11 Å². The molecule has 0 saturated heterocycles. The molecule has 2 heterocycles. The number of benzene rings is 1. The number of aromatic nitrogens is 2. The van der Waals surface area contributed by atoms with E-state index < -0.39 is 11.9 Å². The Hall–Kier alpha value is -2.47. The molecule has 2 aromatic heterocycles. The van der Waals surface area contributed by atoms with Crippen molar-refractivity contribution in [3.8, 4) is 0 Å². The van der Waals surface area contributed by atoms with Crippen molar-refractivity contribution in [1.29, 1.82) is 0 Å². The summed E-state index contributed by atoms with van der Waals surface area (Å²) in [6.07, 6.45) is 3.83. The Morgan fingerprint density at radius 1 is 1.40 bits per heavy atom. The molecule has 1 aromatic carbocycles. The van der Waals surface area contributed by atoms with Gasteiger partial charge in [-0.25, -0.2) is 4.98 Å². The number of hydrogen-bond donors (Lipinski definition) is 1. The van der Waals surface area contributed by atoms with E-state index in [-0.39, 0.29) is 5.56 Å². The van der Waals surface area contributed by atoms with Crippen molar-refractivity contribution >= 4 is 27.5 Å². The summed E-state index contributed by atoms with van der Waals surface area (Å²) >= 11 is 1.47. The second-order valence-electron chi connectivity index (χ2n) is 6.51. The van der Waals surface area contributed by atoms with Gasteiger partial charge >= 0.3 is 5.97 Å². The molecule has 1 aliphatic rings. The molecule has 1 atom stereocenters. The second-order valence-corrected chi connectivity index (χ2v) is 7.59. The molecular weight excluding hydrogens is 336 g/mol. The van der Waals surface area contributed by atoms with Gasteiger partial charge in [0.05, 0.1) is 24.2 Å². The first-order valence-electron chi connectivity index (χ1n) is 8.34. The molecule has 4 rings (SSSR count). The molecule has 1 unspecified atom stereocenters. The van der Waals surface area contributed by atoms with Crippen LogP contribution < -0.4 is 5.56 Å². The third-order valence-corrected chi connectivity index (χ3v) is 6.11. The van der Waals surface area contributed by atoms with E-state index in [9.17, 15) is 14.7 Å². The van der Waals surface area contributed by atoms with Crippen LogP contribution in [0.2, 0.25) is 0 Å². The third-order valence-electron chi connectivity index (χ3n) is 4.94. The SMILES string of the molecule is Cc1ccccc1Cn1cnc2sc3c(c2c1=O)C(C(=O)O)CCC3. The fraction of sp³-hybridized carbons (Fsp3) is 0.316. The number of carboxylic acids is 1. The molecule has 0 radical (unpaired) electrons. The zero-order chi connectivity index (χ0) is 17.6. The molecule has 128 valence electrons. The van der Waals surface area contributed by atoms with Crippen molar-refractivity contribution in [2.45, 2.75) is 38.6 Å². The van der Waals surface area contributed by atoms with Gasteiger partial charge in [-0.2, -0.15) is 0 Å². The maximum atomic E-state index is 13.1. The van der Waals surface area contributed by atoms with Crippen molar-refractivity contribution in [1.82, 2.24) is 9.55 Å². The molecule has 0 bridgehead atoms. The van der Waals surface area contributed by atoms with Gasteiger partial charge in [0.25, 0.3) is 5.56 Å². The lowest BCUT2D eigenvalue weighted by Crippen LogP contribution is -2.24. The fourth-order valence-corrected chi connectivity index (χ4v) is 4.82. The Labute approximate surface area is 148 Å². The Morgan fingerprint density at radius 3 is 2.96 bits per heavy atom. The average Bonchev–Trinajstić information content (AvgIpc) is 2.98. The number of carboxylic acid groups (broad SMARTS) is 1. The molecule has 0 saturated carbocycles. The van der Waals surface area contributed by atoms with Gasteiger partial charge in [0, 0.05) is 4.88 Å². The van der Waals surface area contributed by atoms with Crippen LogP contribution in [0.3, 0.4) is 0 Å². The van der Waals surface area contributed by atoms with Gasteiger partial charge in [-0.05, 0) is 42.9 Å². The molecular formula is C19H18N2O3S. The van der Waals surface area contributed by atoms with Crippen LogP contribution >= 0.6 is 11.3 Å². The number of aliphatic carboxylic acids is 1. The summed E-state index contributed by atoms with van der Waals surface area (Å²) < 4.78 is 1.59. The van der Waals surface area contributed by atoms with Crippen LogP contribution in [0, 0.1) is 6.92 Å². The minimum absolute atomic E-state index is 0.140. The van der Waals surface area contributed by atoms with Crippen LogP contribution in [-0.4, -0.2) is 20.6 Å². The zero-order valence-electron chi connectivity index (χ0n) is 13.9. The average molecular weight is 354 g/mol. The summed E-state index contributed by atoms with van der Waals surface area (Å²) in [7, 11) is 0. The van der Waals surface area contributed by atoms with Crippen molar-refractivity contribution in [2.75, 3.05) is 0 Å². The highest BCUT2D eigenvalue weighted by Gasteiger charge is 2.32. The maximum absolute atomic E-state index is 13.1. The van der Waals surface area contributed by atoms with Crippen LogP contribution in [0.15, 0.2) is 35.4 Å². The minimum atomic E-state index is -0.852. The van der Waals surface area contributed by atoms with Crippen molar-refractivity contribution in [3.05, 3.63) is 62.5 Å². The lowest BCUT2D eigenvalue weighted by molar-refractivity contribution is -0.139. The number of hydrogen-bond acceptors (Lipinski definition) is 4. The molecule has 3 aromatic rings. The number of thiophene rings is 1. The van der Waals surface area contributed by atoms with Gasteiger partial charge in [0.1, 0.15) is 4.83 Å². The van der Waals surface area contributed by atoms with E-state index in [1.165, 1.54) is 11.3 Å². The van der Waals surface area contributed by atoms with Crippen molar-refractivity contribution in [2.24, 2.45) is 0 Å². The van der Waals surface area contributed by atoms with E-state index in [0.717, 1.165) is 28.8 Å². The van der Waals surface area contributed by atoms with Gasteiger partial charge in [-0.1, -0.05) is 24.3 Å². The Balaban J connectivity index is 1.88. The molecule has 1 N–H and O–H groups in total. The van der Waals surface area contributed by atoms with Crippen LogP contribution in [0.5, 0.6) is 0 Å². The quantitative estimate of drug-likeness (QED) is 0.783. The summed E-state index contributed by atoms with van der Waals surface area (Å²) in [6, 6.07) is 7.93. The summed E-state index contributed by atoms with van der Waals surface area (Å²) in [5, 5.41) is 10.1. The molecule has 25 heavy (non-hydrogen) atoms. The van der Waals surface area contributed by atoms with E-state index in [2.05, 4.69) is 4.98 Å². The summed E-state index contributed by atoms with van der Waals surface area (Å²) in [4.78, 5) is 30.9. The maximum Gasteiger partial charge on any atom is 0.311 e. The van der Waals surface area contributed by atoms with Crippen LogP contribution in [0.4, 0.5) is 0 Å². The van der Waals surface area contributed by atoms with E-state index in [1.807, 2.05) is 31.2 Å². The topological polar surface area (TPSA) is 72.2 Å². The van der Waals surface area contributed by atoms with E-state index in [0.29, 0.717) is 28.7 Å². The van der Waals surface area contributed by atoms with Crippen LogP contribution in [0.1, 0.15) is 40.3 Å². The molecule has 0 fully saturated rings. The van der Waals surface area contributed by atoms with Gasteiger partial charge in [0.15, 0.2) is 0 Å². The predicted molar refractivity (Wildman–Crippen MR) is 97.5 cm³/mol. The van der Waals surface area contributed by atoms with E-state index >= 15 is 0 Å². The molecule has 6 heteroatoms. The predicted octanol–water partition coefficient (Wildman–Crippen LogP) is 3.32. The highest BCUT2D eigenvalue weighted by Crippen LogP contribution is 2.40. The van der Waals surface area contributed by atoms with Gasteiger partial charge in [0.2, 0.25) is 0 Å². The number of aryl methyl sites for hydroxylation is 2. The van der Waals surface area contributed by atoms with Crippen LogP contribution in [-0.2, 0) is 17.8 Å². The molecule has 0 aliphatic heterocycles. The van der Waals surface area contributed by atoms with Crippen molar-refractivity contribution in [3.63, 3.8) is 0 Å². The second kappa shape index (κ2) is 6.11. The Morgan fingerprint density at radius 2 is 2.20 bits per heavy atom. The number of rotatable bonds is 3. The normalized spacial score (nSPS) is 16.8.